The first-order valence-electron chi connectivity index (χ1n) is 10.2. The SMILES string of the molecule is CN=C(NCCc1nnc2n1CCCCC2)NC1CN(C(C)C)CC1C. The number of aromatic nitrogens is 3. The maximum absolute atomic E-state index is 4.41. The molecule has 7 heteroatoms. The van der Waals surface area contributed by atoms with E-state index >= 15 is 0 Å². The van der Waals surface area contributed by atoms with E-state index in [9.17, 15) is 0 Å². The van der Waals surface area contributed by atoms with Crippen LogP contribution in [0.5, 0.6) is 0 Å². The molecule has 1 saturated heterocycles. The average molecular weight is 362 g/mol. The lowest BCUT2D eigenvalue weighted by atomic mass is 10.1. The van der Waals surface area contributed by atoms with Crippen LogP contribution in [0.2, 0.25) is 0 Å². The smallest absolute Gasteiger partial charge is 0.191 e. The van der Waals surface area contributed by atoms with E-state index in [1.54, 1.807) is 0 Å². The Labute approximate surface area is 157 Å². The molecule has 0 spiro atoms. The molecular formula is C19H35N7. The maximum Gasteiger partial charge on any atom is 0.191 e. The summed E-state index contributed by atoms with van der Waals surface area (Å²) in [6.45, 7) is 11.0. The number of hydrogen-bond donors (Lipinski definition) is 2. The summed E-state index contributed by atoms with van der Waals surface area (Å²) in [5.41, 5.74) is 0. The van der Waals surface area contributed by atoms with Gasteiger partial charge in [0.1, 0.15) is 11.6 Å². The molecule has 0 amide bonds. The van der Waals surface area contributed by atoms with E-state index < -0.39 is 0 Å². The van der Waals surface area contributed by atoms with Gasteiger partial charge in [-0.05, 0) is 32.6 Å². The van der Waals surface area contributed by atoms with E-state index in [1.165, 1.54) is 19.3 Å². The molecule has 0 bridgehead atoms. The third-order valence-corrected chi connectivity index (χ3v) is 5.74. The van der Waals surface area contributed by atoms with Crippen LogP contribution in [0.4, 0.5) is 0 Å². The molecule has 0 aromatic carbocycles. The van der Waals surface area contributed by atoms with E-state index in [0.717, 1.165) is 56.6 Å². The van der Waals surface area contributed by atoms with Crippen LogP contribution in [0, 0.1) is 5.92 Å². The van der Waals surface area contributed by atoms with Gasteiger partial charge in [0.2, 0.25) is 0 Å². The lowest BCUT2D eigenvalue weighted by Gasteiger charge is -2.22. The van der Waals surface area contributed by atoms with Crippen LogP contribution in [-0.4, -0.2) is 64.4 Å². The van der Waals surface area contributed by atoms with Crippen molar-refractivity contribution in [3.05, 3.63) is 11.6 Å². The second kappa shape index (κ2) is 8.84. The predicted octanol–water partition coefficient (Wildman–Crippen LogP) is 1.44. The highest BCUT2D eigenvalue weighted by atomic mass is 15.3. The number of likely N-dealkylation sites (tertiary alicyclic amines) is 1. The van der Waals surface area contributed by atoms with Crippen LogP contribution in [0.25, 0.3) is 0 Å². The fourth-order valence-electron chi connectivity index (χ4n) is 4.01. The van der Waals surface area contributed by atoms with Crippen LogP contribution in [0.1, 0.15) is 51.7 Å². The molecule has 2 unspecified atom stereocenters. The Morgan fingerprint density at radius 3 is 2.81 bits per heavy atom. The molecule has 3 rings (SSSR count). The number of nitrogens with one attached hydrogen (secondary N) is 2. The zero-order chi connectivity index (χ0) is 18.5. The van der Waals surface area contributed by atoms with Crippen molar-refractivity contribution in [2.24, 2.45) is 10.9 Å². The molecule has 2 aliphatic heterocycles. The number of hydrogen-bond acceptors (Lipinski definition) is 4. The molecule has 7 nitrogen and oxygen atoms in total. The molecule has 2 atom stereocenters. The Morgan fingerprint density at radius 1 is 1.23 bits per heavy atom. The van der Waals surface area contributed by atoms with E-state index in [2.05, 4.69) is 56.1 Å². The molecule has 0 saturated carbocycles. The molecule has 1 aromatic heterocycles. The summed E-state index contributed by atoms with van der Waals surface area (Å²) in [5.74, 6) is 3.78. The van der Waals surface area contributed by atoms with Gasteiger partial charge in [-0.3, -0.25) is 9.89 Å². The highest BCUT2D eigenvalue weighted by molar-refractivity contribution is 5.80. The summed E-state index contributed by atoms with van der Waals surface area (Å²) < 4.78 is 2.32. The highest BCUT2D eigenvalue weighted by Crippen LogP contribution is 2.18. The zero-order valence-electron chi connectivity index (χ0n) is 16.8. The predicted molar refractivity (Wildman–Crippen MR) is 105 cm³/mol. The molecule has 1 aromatic rings. The summed E-state index contributed by atoms with van der Waals surface area (Å²) in [4.78, 5) is 6.94. The number of aliphatic imine (C=N–C) groups is 1. The first kappa shape index (κ1) is 19.1. The van der Waals surface area contributed by atoms with Gasteiger partial charge in [-0.2, -0.15) is 0 Å². The minimum absolute atomic E-state index is 0.452. The fraction of sp³-hybridized carbons (Fsp3) is 0.842. The normalized spacial score (nSPS) is 24.6. The van der Waals surface area contributed by atoms with Crippen LogP contribution in [0.15, 0.2) is 4.99 Å². The molecular weight excluding hydrogens is 326 g/mol. The topological polar surface area (TPSA) is 70.4 Å². The van der Waals surface area contributed by atoms with Crippen molar-refractivity contribution >= 4 is 5.96 Å². The quantitative estimate of drug-likeness (QED) is 0.613. The molecule has 1 fully saturated rings. The molecule has 2 aliphatic rings. The Hall–Kier alpha value is -1.63. The van der Waals surface area contributed by atoms with Crippen LogP contribution in [0.3, 0.4) is 0 Å². The molecule has 0 radical (unpaired) electrons. The summed E-state index contributed by atoms with van der Waals surface area (Å²) in [5, 5.41) is 15.9. The lowest BCUT2D eigenvalue weighted by Crippen LogP contribution is -2.47. The number of guanidine groups is 1. The molecule has 3 heterocycles. The van der Waals surface area contributed by atoms with Crippen molar-refractivity contribution in [2.75, 3.05) is 26.7 Å². The van der Waals surface area contributed by atoms with E-state index in [4.69, 9.17) is 0 Å². The molecule has 0 aliphatic carbocycles. The lowest BCUT2D eigenvalue weighted by molar-refractivity contribution is 0.265. The van der Waals surface area contributed by atoms with Crippen LogP contribution in [-0.2, 0) is 19.4 Å². The minimum atomic E-state index is 0.452. The van der Waals surface area contributed by atoms with Gasteiger partial charge in [0.05, 0.1) is 0 Å². The van der Waals surface area contributed by atoms with Crippen molar-refractivity contribution in [1.29, 1.82) is 0 Å². The number of rotatable bonds is 5. The van der Waals surface area contributed by atoms with E-state index in [1.807, 2.05) is 7.05 Å². The van der Waals surface area contributed by atoms with Gasteiger partial charge in [-0.25, -0.2) is 0 Å². The first-order chi connectivity index (χ1) is 12.6. The summed E-state index contributed by atoms with van der Waals surface area (Å²) in [6.07, 6.45) is 5.71. The van der Waals surface area contributed by atoms with Gasteiger partial charge in [0.15, 0.2) is 5.96 Å². The minimum Gasteiger partial charge on any atom is -0.356 e. The largest absolute Gasteiger partial charge is 0.356 e. The van der Waals surface area contributed by atoms with E-state index in [-0.39, 0.29) is 0 Å². The first-order valence-corrected chi connectivity index (χ1v) is 10.2. The third kappa shape index (κ3) is 4.55. The summed E-state index contributed by atoms with van der Waals surface area (Å²) in [7, 11) is 1.85. The van der Waals surface area contributed by atoms with Gasteiger partial charge < -0.3 is 15.2 Å². The van der Waals surface area contributed by atoms with Crippen LogP contribution < -0.4 is 10.6 Å². The zero-order valence-corrected chi connectivity index (χ0v) is 16.8. The Bertz CT molecular complexity index is 607. The second-order valence-electron chi connectivity index (χ2n) is 8.02. The van der Waals surface area contributed by atoms with E-state index in [0.29, 0.717) is 18.0 Å². The summed E-state index contributed by atoms with van der Waals surface area (Å²) in [6, 6.07) is 1.05. The monoisotopic (exact) mass is 361 g/mol. The highest BCUT2D eigenvalue weighted by Gasteiger charge is 2.31. The fourth-order valence-corrected chi connectivity index (χ4v) is 4.01. The van der Waals surface area contributed by atoms with Crippen LogP contribution >= 0.6 is 0 Å². The number of aryl methyl sites for hydroxylation is 1. The molecule has 146 valence electrons. The summed E-state index contributed by atoms with van der Waals surface area (Å²) >= 11 is 0. The standard InChI is InChI=1S/C19H35N7/c1-14(2)25-12-15(3)16(13-25)22-19(20-4)21-10-9-18-24-23-17-8-6-5-7-11-26(17)18/h14-16H,5-13H2,1-4H3,(H2,20,21,22). The van der Waals surface area contributed by atoms with Gasteiger partial charge in [0, 0.05) is 58.2 Å². The van der Waals surface area contributed by atoms with Gasteiger partial charge in [-0.1, -0.05) is 13.3 Å². The Kier molecular flexibility index (Phi) is 6.51. The van der Waals surface area contributed by atoms with Gasteiger partial charge >= 0.3 is 0 Å². The van der Waals surface area contributed by atoms with Crippen molar-refractivity contribution in [2.45, 2.75) is 71.5 Å². The maximum atomic E-state index is 4.41. The average Bonchev–Trinajstić information content (AvgIpc) is 3.09. The van der Waals surface area contributed by atoms with Gasteiger partial charge in [-0.15, -0.1) is 10.2 Å². The van der Waals surface area contributed by atoms with Crippen molar-refractivity contribution in [3.8, 4) is 0 Å². The van der Waals surface area contributed by atoms with Crippen molar-refractivity contribution < 1.29 is 0 Å². The van der Waals surface area contributed by atoms with Crippen molar-refractivity contribution in [3.63, 3.8) is 0 Å². The number of fused-ring (bicyclic) bond motifs is 1. The molecule has 26 heavy (non-hydrogen) atoms. The molecule has 2 N–H and O–H groups in total. The van der Waals surface area contributed by atoms with Crippen molar-refractivity contribution in [1.82, 2.24) is 30.3 Å². The van der Waals surface area contributed by atoms with Gasteiger partial charge in [0.25, 0.3) is 0 Å². The third-order valence-electron chi connectivity index (χ3n) is 5.74. The second-order valence-corrected chi connectivity index (χ2v) is 8.02. The number of nitrogens with zero attached hydrogens (tertiary/aromatic N) is 5. The Balaban J connectivity index is 1.49. The Morgan fingerprint density at radius 2 is 2.08 bits per heavy atom.